The first-order valence-corrected chi connectivity index (χ1v) is 5.53. The summed E-state index contributed by atoms with van der Waals surface area (Å²) in [6, 6.07) is 1.47. The fraction of sp³-hybridized carbons (Fsp3) is 0.571. The summed E-state index contributed by atoms with van der Waals surface area (Å²) < 4.78 is 31.3. The summed E-state index contributed by atoms with van der Waals surface area (Å²) in [6.45, 7) is 3.37. The average molecular weight is 205 g/mol. The maximum Gasteiger partial charge on any atom is 0.310 e. The topological polar surface area (TPSA) is 69.4 Å². The molecule has 13 heavy (non-hydrogen) atoms. The fourth-order valence-electron chi connectivity index (χ4n) is 0.689. The number of hydrogen-bond donors (Lipinski definition) is 0. The average Bonchev–Trinajstić information content (AvgIpc) is 2.52. The van der Waals surface area contributed by atoms with Crippen molar-refractivity contribution in [2.45, 2.75) is 20.3 Å². The normalized spacial score (nSPS) is 11.5. The smallest absolute Gasteiger partial charge is 0.310 e. The number of hydrogen-bond acceptors (Lipinski definition) is 5. The van der Waals surface area contributed by atoms with Crippen molar-refractivity contribution in [3.05, 3.63) is 11.8 Å². The first-order valence-electron chi connectivity index (χ1n) is 3.95. The van der Waals surface area contributed by atoms with Gasteiger partial charge >= 0.3 is 10.1 Å². The Morgan fingerprint density at radius 1 is 1.54 bits per heavy atom. The van der Waals surface area contributed by atoms with Gasteiger partial charge in [0.25, 0.3) is 5.88 Å². The Bertz CT molecular complexity index is 368. The van der Waals surface area contributed by atoms with Crippen molar-refractivity contribution in [3.8, 4) is 5.88 Å². The van der Waals surface area contributed by atoms with Crippen LogP contribution in [0.5, 0.6) is 5.88 Å². The molecule has 0 radical (unpaired) electrons. The van der Waals surface area contributed by atoms with Crippen LogP contribution >= 0.6 is 0 Å². The molecule has 0 saturated heterocycles. The lowest BCUT2D eigenvalue weighted by Crippen LogP contribution is -2.11. The summed E-state index contributed by atoms with van der Waals surface area (Å²) in [5.74, 6) is 0.515. The molecule has 74 valence electrons. The second-order valence-electron chi connectivity index (χ2n) is 2.41. The van der Waals surface area contributed by atoms with Crippen molar-refractivity contribution >= 4 is 10.1 Å². The van der Waals surface area contributed by atoms with Gasteiger partial charge in [0.1, 0.15) is 5.76 Å². The standard InChI is InChI=1S/C7H11NO4S/c1-3-6-5-7(8-11-6)12-13(9,10)4-2/h5H,3-4H2,1-2H3. The quantitative estimate of drug-likeness (QED) is 0.685. The molecular weight excluding hydrogens is 194 g/mol. The zero-order chi connectivity index (χ0) is 9.90. The molecule has 6 heteroatoms. The minimum atomic E-state index is -3.49. The molecule has 1 aromatic rings. The van der Waals surface area contributed by atoms with Crippen molar-refractivity contribution in [2.24, 2.45) is 0 Å². The molecule has 0 aliphatic rings. The van der Waals surface area contributed by atoms with E-state index in [2.05, 4.69) is 9.34 Å². The van der Waals surface area contributed by atoms with Gasteiger partial charge in [-0.1, -0.05) is 6.92 Å². The van der Waals surface area contributed by atoms with E-state index in [0.717, 1.165) is 0 Å². The third kappa shape index (κ3) is 2.73. The summed E-state index contributed by atoms with van der Waals surface area (Å²) in [5.41, 5.74) is 0. The van der Waals surface area contributed by atoms with Crippen molar-refractivity contribution in [1.82, 2.24) is 5.16 Å². The highest BCUT2D eigenvalue weighted by molar-refractivity contribution is 7.87. The monoisotopic (exact) mass is 205 g/mol. The Hall–Kier alpha value is -1.04. The van der Waals surface area contributed by atoms with Crippen LogP contribution in [0.15, 0.2) is 10.6 Å². The summed E-state index contributed by atoms with van der Waals surface area (Å²) in [4.78, 5) is 0. The van der Waals surface area contributed by atoms with E-state index in [4.69, 9.17) is 4.52 Å². The predicted molar refractivity (Wildman–Crippen MR) is 46.0 cm³/mol. The van der Waals surface area contributed by atoms with Crippen molar-refractivity contribution in [3.63, 3.8) is 0 Å². The number of nitrogens with zero attached hydrogens (tertiary/aromatic N) is 1. The van der Waals surface area contributed by atoms with Gasteiger partial charge in [0.15, 0.2) is 0 Å². The van der Waals surface area contributed by atoms with Gasteiger partial charge in [0, 0.05) is 12.5 Å². The summed E-state index contributed by atoms with van der Waals surface area (Å²) in [5, 5.41) is 3.44. The lowest BCUT2D eigenvalue weighted by molar-refractivity contribution is 0.361. The third-order valence-electron chi connectivity index (χ3n) is 1.45. The van der Waals surface area contributed by atoms with Gasteiger partial charge in [-0.2, -0.15) is 8.42 Å². The Balaban J connectivity index is 2.75. The summed E-state index contributed by atoms with van der Waals surface area (Å²) in [6.07, 6.45) is 0.655. The predicted octanol–water partition coefficient (Wildman–Crippen LogP) is 0.966. The molecule has 0 saturated carbocycles. The lowest BCUT2D eigenvalue weighted by Gasteiger charge is -1.97. The SMILES string of the molecule is CCc1cc(OS(=O)(=O)CC)no1. The van der Waals surface area contributed by atoms with Crippen molar-refractivity contribution < 1.29 is 17.1 Å². The summed E-state index contributed by atoms with van der Waals surface area (Å²) >= 11 is 0. The highest BCUT2D eigenvalue weighted by Gasteiger charge is 2.12. The third-order valence-corrected chi connectivity index (χ3v) is 2.58. The zero-order valence-electron chi connectivity index (χ0n) is 7.48. The van der Waals surface area contributed by atoms with Crippen LogP contribution in [0.3, 0.4) is 0 Å². The van der Waals surface area contributed by atoms with Gasteiger partial charge in [-0.15, -0.1) is 0 Å². The van der Waals surface area contributed by atoms with Gasteiger partial charge < -0.3 is 8.71 Å². The Morgan fingerprint density at radius 2 is 2.23 bits per heavy atom. The molecular formula is C7H11NO4S. The van der Waals surface area contributed by atoms with Gasteiger partial charge in [-0.25, -0.2) is 0 Å². The van der Waals surface area contributed by atoms with Crippen LogP contribution < -0.4 is 4.18 Å². The largest absolute Gasteiger partial charge is 0.358 e. The van der Waals surface area contributed by atoms with E-state index >= 15 is 0 Å². The molecule has 0 fully saturated rings. The molecule has 0 bridgehead atoms. The van der Waals surface area contributed by atoms with Gasteiger partial charge in [0.2, 0.25) is 0 Å². The highest BCUT2D eigenvalue weighted by atomic mass is 32.2. The Morgan fingerprint density at radius 3 is 2.69 bits per heavy atom. The van der Waals surface area contributed by atoms with Crippen LogP contribution in [-0.2, 0) is 16.5 Å². The van der Waals surface area contributed by atoms with Gasteiger partial charge in [-0.3, -0.25) is 0 Å². The number of aryl methyl sites for hydroxylation is 1. The fourth-order valence-corrected chi connectivity index (χ4v) is 1.15. The first-order chi connectivity index (χ1) is 6.07. The lowest BCUT2D eigenvalue weighted by atomic mass is 10.4. The van der Waals surface area contributed by atoms with Crippen LogP contribution in [0.2, 0.25) is 0 Å². The van der Waals surface area contributed by atoms with E-state index in [-0.39, 0.29) is 11.6 Å². The second-order valence-corrected chi connectivity index (χ2v) is 4.27. The molecule has 5 nitrogen and oxygen atoms in total. The first kappa shape index (κ1) is 10.0. The molecule has 1 aromatic heterocycles. The molecule has 0 aliphatic heterocycles. The van der Waals surface area contributed by atoms with Gasteiger partial charge in [-0.05, 0) is 12.1 Å². The van der Waals surface area contributed by atoms with Crippen LogP contribution in [0.4, 0.5) is 0 Å². The van der Waals surface area contributed by atoms with Crippen molar-refractivity contribution in [2.75, 3.05) is 5.75 Å². The Kier molecular flexibility index (Phi) is 2.92. The maximum atomic E-state index is 11.0. The van der Waals surface area contributed by atoms with E-state index in [0.29, 0.717) is 12.2 Å². The zero-order valence-corrected chi connectivity index (χ0v) is 8.30. The van der Waals surface area contributed by atoms with E-state index < -0.39 is 10.1 Å². The van der Waals surface area contributed by atoms with Crippen LogP contribution in [0.1, 0.15) is 19.6 Å². The summed E-state index contributed by atoms with van der Waals surface area (Å²) in [7, 11) is -3.49. The number of aromatic nitrogens is 1. The molecule has 1 heterocycles. The minimum Gasteiger partial charge on any atom is -0.358 e. The van der Waals surface area contributed by atoms with E-state index in [9.17, 15) is 8.42 Å². The van der Waals surface area contributed by atoms with Crippen LogP contribution in [0.25, 0.3) is 0 Å². The minimum absolute atomic E-state index is 0.00120. The molecule has 0 spiro atoms. The van der Waals surface area contributed by atoms with Crippen LogP contribution in [-0.4, -0.2) is 19.3 Å². The molecule has 1 rings (SSSR count). The molecule has 0 atom stereocenters. The van der Waals surface area contributed by atoms with Crippen molar-refractivity contribution in [1.29, 1.82) is 0 Å². The van der Waals surface area contributed by atoms with E-state index in [1.165, 1.54) is 13.0 Å². The molecule has 0 aromatic carbocycles. The highest BCUT2D eigenvalue weighted by Crippen LogP contribution is 2.13. The number of rotatable bonds is 4. The molecule has 0 amide bonds. The molecule has 0 aliphatic carbocycles. The molecule has 0 N–H and O–H groups in total. The van der Waals surface area contributed by atoms with E-state index in [1.54, 1.807) is 0 Å². The Labute approximate surface area is 76.8 Å². The molecule has 0 unspecified atom stereocenters. The maximum absolute atomic E-state index is 11.0. The van der Waals surface area contributed by atoms with E-state index in [1.807, 2.05) is 6.92 Å². The second kappa shape index (κ2) is 3.78. The van der Waals surface area contributed by atoms with Crippen LogP contribution in [0, 0.1) is 0 Å². The van der Waals surface area contributed by atoms with Gasteiger partial charge in [0.05, 0.1) is 5.75 Å².